The summed E-state index contributed by atoms with van der Waals surface area (Å²) < 4.78 is 17.6. The predicted molar refractivity (Wildman–Crippen MR) is 54.3 cm³/mol. The summed E-state index contributed by atoms with van der Waals surface area (Å²) in [5.41, 5.74) is 0.587. The van der Waals surface area contributed by atoms with Crippen molar-refractivity contribution < 1.29 is 13.7 Å². The van der Waals surface area contributed by atoms with E-state index in [9.17, 15) is 9.18 Å². The van der Waals surface area contributed by atoms with Crippen LogP contribution in [0.4, 0.5) is 4.39 Å². The highest BCUT2D eigenvalue weighted by molar-refractivity contribution is 5.92. The van der Waals surface area contributed by atoms with E-state index in [2.05, 4.69) is 10.1 Å². The lowest BCUT2D eigenvalue weighted by atomic mass is 10.2. The summed E-state index contributed by atoms with van der Waals surface area (Å²) in [6, 6.07) is 5.62. The fourth-order valence-electron chi connectivity index (χ4n) is 1.20. The van der Waals surface area contributed by atoms with E-state index in [4.69, 9.17) is 4.52 Å². The molecule has 0 amide bonds. The van der Waals surface area contributed by atoms with Gasteiger partial charge in [0.05, 0.1) is 0 Å². The van der Waals surface area contributed by atoms with Crippen LogP contribution >= 0.6 is 0 Å². The van der Waals surface area contributed by atoms with E-state index >= 15 is 0 Å². The molecule has 2 rings (SSSR count). The highest BCUT2D eigenvalue weighted by Gasteiger charge is 2.13. The van der Waals surface area contributed by atoms with Crippen LogP contribution in [0.25, 0.3) is 11.5 Å². The number of hydrogen-bond donors (Lipinski definition) is 0. The molecule has 16 heavy (non-hydrogen) atoms. The van der Waals surface area contributed by atoms with E-state index < -0.39 is 0 Å². The third-order valence-electron chi connectivity index (χ3n) is 2.09. The first-order valence-electron chi connectivity index (χ1n) is 4.83. The summed E-state index contributed by atoms with van der Waals surface area (Å²) in [6.07, 6.45) is 0.322. The molecule has 0 radical (unpaired) electrons. The fraction of sp³-hybridized carbons (Fsp3) is 0.182. The summed E-state index contributed by atoms with van der Waals surface area (Å²) in [5, 5.41) is 3.56. The molecule has 0 saturated carbocycles. The Hall–Kier alpha value is -2.04. The number of aromatic nitrogens is 2. The lowest BCUT2D eigenvalue weighted by Gasteiger charge is -1.92. The Labute approximate surface area is 91.1 Å². The Bertz CT molecular complexity index is 505. The van der Waals surface area contributed by atoms with E-state index in [1.807, 2.05) is 0 Å². The molecule has 0 spiro atoms. The molecule has 0 atom stereocenters. The van der Waals surface area contributed by atoms with Crippen molar-refractivity contribution in [3.63, 3.8) is 0 Å². The standard InChI is InChI=1S/C11H9FN2O2/c1-2-9(15)10-13-11(16-14-10)7-3-5-8(12)6-4-7/h3-6H,2H2,1H3. The minimum absolute atomic E-state index is 0.0572. The van der Waals surface area contributed by atoms with Crippen LogP contribution in [0.3, 0.4) is 0 Å². The summed E-state index contributed by atoms with van der Waals surface area (Å²) in [5.74, 6) is -0.246. The lowest BCUT2D eigenvalue weighted by molar-refractivity contribution is 0.0975. The van der Waals surface area contributed by atoms with Crippen LogP contribution in [0.2, 0.25) is 0 Å². The summed E-state index contributed by atoms with van der Waals surface area (Å²) in [7, 11) is 0. The van der Waals surface area contributed by atoms with Crippen molar-refractivity contribution in [1.29, 1.82) is 0 Å². The molecule has 1 aromatic carbocycles. The normalized spacial score (nSPS) is 10.4. The van der Waals surface area contributed by atoms with Gasteiger partial charge in [-0.3, -0.25) is 4.79 Å². The van der Waals surface area contributed by atoms with Crippen LogP contribution in [-0.2, 0) is 0 Å². The zero-order chi connectivity index (χ0) is 11.5. The molecular formula is C11H9FN2O2. The van der Waals surface area contributed by atoms with Crippen molar-refractivity contribution in [1.82, 2.24) is 10.1 Å². The third kappa shape index (κ3) is 1.98. The maximum Gasteiger partial charge on any atom is 0.258 e. The number of rotatable bonds is 3. The molecule has 0 N–H and O–H groups in total. The van der Waals surface area contributed by atoms with Crippen LogP contribution in [0, 0.1) is 5.82 Å². The van der Waals surface area contributed by atoms with Crippen molar-refractivity contribution in [3.8, 4) is 11.5 Å². The third-order valence-corrected chi connectivity index (χ3v) is 2.09. The number of benzene rings is 1. The van der Waals surface area contributed by atoms with Crippen molar-refractivity contribution in [3.05, 3.63) is 35.9 Å². The molecule has 1 aromatic heterocycles. The fourth-order valence-corrected chi connectivity index (χ4v) is 1.20. The van der Waals surface area contributed by atoms with E-state index in [1.165, 1.54) is 24.3 Å². The second-order valence-corrected chi connectivity index (χ2v) is 3.21. The first kappa shape index (κ1) is 10.5. The van der Waals surface area contributed by atoms with Gasteiger partial charge in [0.15, 0.2) is 0 Å². The number of hydrogen-bond acceptors (Lipinski definition) is 4. The Morgan fingerprint density at radius 2 is 2.06 bits per heavy atom. The van der Waals surface area contributed by atoms with Crippen LogP contribution in [0.5, 0.6) is 0 Å². The molecule has 0 unspecified atom stereocenters. The number of ketones is 1. The largest absolute Gasteiger partial charge is 0.334 e. The number of Topliss-reactive ketones (excluding diaryl/α,β-unsaturated/α-hetero) is 1. The van der Waals surface area contributed by atoms with Crippen molar-refractivity contribution in [2.24, 2.45) is 0 Å². The highest BCUT2D eigenvalue weighted by Crippen LogP contribution is 2.17. The Morgan fingerprint density at radius 1 is 1.38 bits per heavy atom. The topological polar surface area (TPSA) is 56.0 Å². The molecule has 0 aliphatic carbocycles. The van der Waals surface area contributed by atoms with Crippen molar-refractivity contribution in [2.75, 3.05) is 0 Å². The molecule has 1 heterocycles. The molecule has 2 aromatic rings. The smallest absolute Gasteiger partial charge is 0.258 e. The van der Waals surface area contributed by atoms with E-state index in [0.29, 0.717) is 12.0 Å². The molecule has 0 fully saturated rings. The number of carbonyl (C=O) groups is 1. The van der Waals surface area contributed by atoms with Crippen LogP contribution in [0.1, 0.15) is 24.0 Å². The molecule has 0 bridgehead atoms. The molecule has 0 aliphatic heterocycles. The maximum atomic E-state index is 12.7. The molecule has 5 heteroatoms. The van der Waals surface area contributed by atoms with Crippen LogP contribution < -0.4 is 0 Å². The summed E-state index contributed by atoms with van der Waals surface area (Å²) in [4.78, 5) is 15.2. The minimum atomic E-state index is -0.340. The lowest BCUT2D eigenvalue weighted by Crippen LogP contribution is -1.98. The average molecular weight is 220 g/mol. The van der Waals surface area contributed by atoms with Gasteiger partial charge in [0.1, 0.15) is 5.82 Å². The van der Waals surface area contributed by atoms with Crippen molar-refractivity contribution >= 4 is 5.78 Å². The first-order valence-corrected chi connectivity index (χ1v) is 4.83. The number of carbonyl (C=O) groups excluding carboxylic acids is 1. The second-order valence-electron chi connectivity index (χ2n) is 3.21. The van der Waals surface area contributed by atoms with Gasteiger partial charge < -0.3 is 4.52 Å². The van der Waals surface area contributed by atoms with Gasteiger partial charge in [-0.2, -0.15) is 4.98 Å². The molecule has 82 valence electrons. The monoisotopic (exact) mass is 220 g/mol. The quantitative estimate of drug-likeness (QED) is 0.745. The van der Waals surface area contributed by atoms with Gasteiger partial charge in [-0.1, -0.05) is 12.1 Å². The minimum Gasteiger partial charge on any atom is -0.334 e. The van der Waals surface area contributed by atoms with Gasteiger partial charge in [0.25, 0.3) is 5.89 Å². The maximum absolute atomic E-state index is 12.7. The van der Waals surface area contributed by atoms with E-state index in [-0.39, 0.29) is 23.3 Å². The summed E-state index contributed by atoms with van der Waals surface area (Å²) in [6.45, 7) is 1.72. The van der Waals surface area contributed by atoms with E-state index in [0.717, 1.165) is 0 Å². The molecular weight excluding hydrogens is 211 g/mol. The number of halogens is 1. The van der Waals surface area contributed by atoms with Crippen LogP contribution in [-0.4, -0.2) is 15.9 Å². The van der Waals surface area contributed by atoms with E-state index in [1.54, 1.807) is 6.92 Å². The van der Waals surface area contributed by atoms with Gasteiger partial charge >= 0.3 is 0 Å². The van der Waals surface area contributed by atoms with Gasteiger partial charge in [0.2, 0.25) is 11.6 Å². The Morgan fingerprint density at radius 3 is 2.69 bits per heavy atom. The second kappa shape index (κ2) is 4.22. The molecule has 0 saturated heterocycles. The highest BCUT2D eigenvalue weighted by atomic mass is 19.1. The van der Waals surface area contributed by atoms with Gasteiger partial charge in [0, 0.05) is 12.0 Å². The SMILES string of the molecule is CCC(=O)c1noc(-c2ccc(F)cc2)n1. The first-order chi connectivity index (χ1) is 7.70. The molecule has 0 aliphatic rings. The van der Waals surface area contributed by atoms with Gasteiger partial charge in [-0.05, 0) is 24.3 Å². The van der Waals surface area contributed by atoms with Crippen molar-refractivity contribution in [2.45, 2.75) is 13.3 Å². The van der Waals surface area contributed by atoms with Gasteiger partial charge in [-0.15, -0.1) is 0 Å². The summed E-state index contributed by atoms with van der Waals surface area (Å²) >= 11 is 0. The number of nitrogens with zero attached hydrogens (tertiary/aromatic N) is 2. The molecule has 4 nitrogen and oxygen atoms in total. The Kier molecular flexibility index (Phi) is 2.76. The predicted octanol–water partition coefficient (Wildman–Crippen LogP) is 2.47. The van der Waals surface area contributed by atoms with Crippen LogP contribution in [0.15, 0.2) is 28.8 Å². The zero-order valence-corrected chi connectivity index (χ0v) is 8.61. The Balaban J connectivity index is 2.31. The average Bonchev–Trinajstić information content (AvgIpc) is 2.78. The van der Waals surface area contributed by atoms with Gasteiger partial charge in [-0.25, -0.2) is 4.39 Å². The zero-order valence-electron chi connectivity index (χ0n) is 8.61.